The van der Waals surface area contributed by atoms with Crippen LogP contribution in [-0.2, 0) is 22.4 Å². The number of hydrogen-bond donors (Lipinski definition) is 2. The van der Waals surface area contributed by atoms with Gasteiger partial charge >= 0.3 is 5.63 Å². The van der Waals surface area contributed by atoms with Gasteiger partial charge in [-0.1, -0.05) is 0 Å². The molecule has 0 unspecified atom stereocenters. The number of carbonyl (C=O) groups excluding carboxylic acids is 2. The molecule has 0 aliphatic heterocycles. The molecule has 26 heavy (non-hydrogen) atoms. The van der Waals surface area contributed by atoms with Crippen LogP contribution >= 0.6 is 0 Å². The molecular weight excluding hydrogens is 336 g/mol. The molecule has 1 heterocycles. The average Bonchev–Trinajstić information content (AvgIpc) is 3.10. The Hall–Kier alpha value is -2.83. The van der Waals surface area contributed by atoms with Crippen molar-refractivity contribution in [3.05, 3.63) is 39.7 Å². The van der Waals surface area contributed by atoms with E-state index in [1.165, 1.54) is 0 Å². The highest BCUT2D eigenvalue weighted by Gasteiger charge is 2.20. The number of amides is 2. The van der Waals surface area contributed by atoms with Gasteiger partial charge in [0, 0.05) is 23.6 Å². The van der Waals surface area contributed by atoms with Crippen molar-refractivity contribution in [3.8, 4) is 5.75 Å². The van der Waals surface area contributed by atoms with Gasteiger partial charge in [-0.3, -0.25) is 9.59 Å². The Morgan fingerprint density at radius 1 is 1.27 bits per heavy atom. The van der Waals surface area contributed by atoms with Crippen LogP contribution in [0.1, 0.15) is 31.4 Å². The lowest BCUT2D eigenvalue weighted by atomic mass is 10.1. The smallest absolute Gasteiger partial charge is 0.339 e. The van der Waals surface area contributed by atoms with E-state index in [2.05, 4.69) is 10.6 Å². The normalized spacial score (nSPS) is 13.9. The topological polar surface area (TPSA) is 97.6 Å². The van der Waals surface area contributed by atoms with E-state index < -0.39 is 11.9 Å². The van der Waals surface area contributed by atoms with E-state index in [4.69, 9.17) is 9.15 Å². The van der Waals surface area contributed by atoms with Gasteiger partial charge in [0.2, 0.25) is 5.91 Å². The quantitative estimate of drug-likeness (QED) is 0.759. The monoisotopic (exact) mass is 358 g/mol. The van der Waals surface area contributed by atoms with Crippen LogP contribution < -0.4 is 21.0 Å². The third-order valence-electron chi connectivity index (χ3n) is 4.44. The van der Waals surface area contributed by atoms with Crippen molar-refractivity contribution in [3.63, 3.8) is 0 Å². The number of aryl methyl sites for hydroxylation is 1. The van der Waals surface area contributed by atoms with Crippen molar-refractivity contribution in [1.29, 1.82) is 0 Å². The molecule has 0 fully saturated rings. The van der Waals surface area contributed by atoms with Gasteiger partial charge in [0.15, 0.2) is 6.61 Å². The van der Waals surface area contributed by atoms with E-state index in [0.717, 1.165) is 35.8 Å². The first-order chi connectivity index (χ1) is 12.5. The van der Waals surface area contributed by atoms with Crippen molar-refractivity contribution in [2.75, 3.05) is 13.2 Å². The molecule has 2 amide bonds. The summed E-state index contributed by atoms with van der Waals surface area (Å²) in [6, 6.07) is 4.59. The minimum Gasteiger partial charge on any atom is -0.484 e. The second-order valence-electron chi connectivity index (χ2n) is 6.33. The van der Waals surface area contributed by atoms with E-state index in [1.54, 1.807) is 19.1 Å². The molecule has 1 aliphatic carbocycles. The van der Waals surface area contributed by atoms with E-state index in [1.807, 2.05) is 13.0 Å². The average molecular weight is 358 g/mol. The van der Waals surface area contributed by atoms with Crippen LogP contribution in [0.15, 0.2) is 27.4 Å². The van der Waals surface area contributed by atoms with Gasteiger partial charge in [-0.25, -0.2) is 4.79 Å². The summed E-state index contributed by atoms with van der Waals surface area (Å²) in [4.78, 5) is 35.6. The molecule has 0 spiro atoms. The van der Waals surface area contributed by atoms with Crippen molar-refractivity contribution in [1.82, 2.24) is 10.6 Å². The third kappa shape index (κ3) is 3.71. The predicted octanol–water partition coefficient (Wildman–Crippen LogP) is 1.30. The highest BCUT2D eigenvalue weighted by molar-refractivity contribution is 5.88. The van der Waals surface area contributed by atoms with Crippen LogP contribution in [0.25, 0.3) is 11.0 Å². The number of likely N-dealkylation sites (N-methyl/N-ethyl adjacent to an activating group) is 1. The molecule has 3 rings (SSSR count). The first-order valence-electron chi connectivity index (χ1n) is 8.78. The number of benzene rings is 1. The molecule has 0 saturated heterocycles. The van der Waals surface area contributed by atoms with Crippen molar-refractivity contribution < 1.29 is 18.7 Å². The SMILES string of the molecule is CCNC(=O)[C@@H](C)NC(=O)COc1ccc2c3c(c(=O)oc2c1)CCC3. The molecule has 1 atom stereocenters. The maximum Gasteiger partial charge on any atom is 0.339 e. The van der Waals surface area contributed by atoms with E-state index >= 15 is 0 Å². The second kappa shape index (κ2) is 7.59. The predicted molar refractivity (Wildman–Crippen MR) is 96.3 cm³/mol. The van der Waals surface area contributed by atoms with Gasteiger partial charge < -0.3 is 19.8 Å². The Labute approximate surface area is 150 Å². The summed E-state index contributed by atoms with van der Waals surface area (Å²) in [6.07, 6.45) is 2.59. The van der Waals surface area contributed by atoms with Crippen LogP contribution in [0.3, 0.4) is 0 Å². The van der Waals surface area contributed by atoms with Gasteiger partial charge in [0.25, 0.3) is 5.91 Å². The third-order valence-corrected chi connectivity index (χ3v) is 4.44. The summed E-state index contributed by atoms with van der Waals surface area (Å²) in [5.41, 5.74) is 1.99. The summed E-state index contributed by atoms with van der Waals surface area (Å²) in [6.45, 7) is 3.68. The van der Waals surface area contributed by atoms with Crippen LogP contribution in [0, 0.1) is 0 Å². The standard InChI is InChI=1S/C19H22N2O5/c1-3-20-18(23)11(2)21-17(22)10-25-12-7-8-14-13-5-4-6-15(13)19(24)26-16(14)9-12/h7-9,11H,3-6,10H2,1-2H3,(H,20,23)(H,21,22)/t11-/m1/s1. The Bertz CT molecular complexity index is 903. The highest BCUT2D eigenvalue weighted by atomic mass is 16.5. The lowest BCUT2D eigenvalue weighted by Gasteiger charge is -2.14. The van der Waals surface area contributed by atoms with Crippen molar-refractivity contribution in [2.45, 2.75) is 39.2 Å². The summed E-state index contributed by atoms with van der Waals surface area (Å²) in [7, 11) is 0. The number of ether oxygens (including phenoxy) is 1. The summed E-state index contributed by atoms with van der Waals surface area (Å²) < 4.78 is 10.9. The fourth-order valence-corrected chi connectivity index (χ4v) is 3.18. The minimum atomic E-state index is -0.636. The Kier molecular flexibility index (Phi) is 5.25. The first-order valence-corrected chi connectivity index (χ1v) is 8.78. The molecule has 7 nitrogen and oxygen atoms in total. The second-order valence-corrected chi connectivity index (χ2v) is 6.33. The fraction of sp³-hybridized carbons (Fsp3) is 0.421. The largest absolute Gasteiger partial charge is 0.484 e. The number of nitrogens with one attached hydrogen (secondary N) is 2. The molecule has 1 aromatic heterocycles. The minimum absolute atomic E-state index is 0.232. The summed E-state index contributed by atoms with van der Waals surface area (Å²) >= 11 is 0. The molecule has 1 aromatic carbocycles. The number of fused-ring (bicyclic) bond motifs is 3. The molecule has 0 radical (unpaired) electrons. The Morgan fingerprint density at radius 3 is 2.81 bits per heavy atom. The maximum atomic E-state index is 12.0. The van der Waals surface area contributed by atoms with Crippen LogP contribution in [0.5, 0.6) is 5.75 Å². The number of hydrogen-bond acceptors (Lipinski definition) is 5. The molecule has 2 N–H and O–H groups in total. The van der Waals surface area contributed by atoms with Gasteiger partial charge in [0.05, 0.1) is 0 Å². The molecule has 0 bridgehead atoms. The van der Waals surface area contributed by atoms with Crippen LogP contribution in [0.2, 0.25) is 0 Å². The van der Waals surface area contributed by atoms with Gasteiger partial charge in [-0.2, -0.15) is 0 Å². The molecule has 138 valence electrons. The summed E-state index contributed by atoms with van der Waals surface area (Å²) in [5, 5.41) is 6.11. The lowest BCUT2D eigenvalue weighted by molar-refractivity contribution is -0.129. The van der Waals surface area contributed by atoms with Gasteiger partial charge in [0.1, 0.15) is 17.4 Å². The van der Waals surface area contributed by atoms with E-state index in [-0.39, 0.29) is 18.1 Å². The van der Waals surface area contributed by atoms with Crippen LogP contribution in [-0.4, -0.2) is 31.0 Å². The van der Waals surface area contributed by atoms with E-state index in [9.17, 15) is 14.4 Å². The first kappa shape index (κ1) is 18.0. The molecule has 2 aromatic rings. The lowest BCUT2D eigenvalue weighted by Crippen LogP contribution is -2.46. The maximum absolute atomic E-state index is 12.0. The zero-order valence-electron chi connectivity index (χ0n) is 14.9. The molecule has 1 aliphatic rings. The van der Waals surface area contributed by atoms with E-state index in [0.29, 0.717) is 17.9 Å². The highest BCUT2D eigenvalue weighted by Crippen LogP contribution is 2.29. The fourth-order valence-electron chi connectivity index (χ4n) is 3.18. The van der Waals surface area contributed by atoms with Crippen molar-refractivity contribution >= 4 is 22.8 Å². The van der Waals surface area contributed by atoms with Gasteiger partial charge in [-0.15, -0.1) is 0 Å². The van der Waals surface area contributed by atoms with Crippen molar-refractivity contribution in [2.24, 2.45) is 0 Å². The number of carbonyl (C=O) groups is 2. The zero-order valence-corrected chi connectivity index (χ0v) is 14.9. The molecule has 0 saturated carbocycles. The Morgan fingerprint density at radius 2 is 2.04 bits per heavy atom. The Balaban J connectivity index is 1.66. The summed E-state index contributed by atoms with van der Waals surface area (Å²) in [5.74, 6) is -0.221. The van der Waals surface area contributed by atoms with Crippen LogP contribution in [0.4, 0.5) is 0 Å². The molecular formula is C19H22N2O5. The molecule has 7 heteroatoms. The number of rotatable bonds is 6. The zero-order chi connectivity index (χ0) is 18.7. The van der Waals surface area contributed by atoms with Gasteiger partial charge in [-0.05, 0) is 50.8 Å².